The van der Waals surface area contributed by atoms with Gasteiger partial charge in [-0.3, -0.25) is 19.0 Å². The molecular formula is C33H29F5N2O5. The van der Waals surface area contributed by atoms with E-state index in [1.807, 2.05) is 13.0 Å². The van der Waals surface area contributed by atoms with Gasteiger partial charge in [0.15, 0.2) is 0 Å². The normalized spacial score (nSPS) is 20.1. The van der Waals surface area contributed by atoms with E-state index in [4.69, 9.17) is 4.74 Å². The first-order chi connectivity index (χ1) is 21.2. The highest BCUT2D eigenvalue weighted by Crippen LogP contribution is 2.43. The third kappa shape index (κ3) is 6.01. The van der Waals surface area contributed by atoms with Crippen LogP contribution in [0.4, 0.5) is 22.0 Å². The number of aliphatic carboxylic acids is 1. The van der Waals surface area contributed by atoms with Crippen LogP contribution in [0, 0.1) is 18.7 Å². The summed E-state index contributed by atoms with van der Waals surface area (Å²) in [6.45, 7) is 4.75. The van der Waals surface area contributed by atoms with Gasteiger partial charge in [0.2, 0.25) is 5.91 Å². The number of fused-ring (bicyclic) bond motifs is 5. The monoisotopic (exact) mass is 628 g/mol. The lowest BCUT2D eigenvalue weighted by Crippen LogP contribution is -2.45. The van der Waals surface area contributed by atoms with E-state index in [9.17, 15) is 32.7 Å². The Hall–Kier alpha value is -4.74. The first-order valence-corrected chi connectivity index (χ1v) is 14.2. The van der Waals surface area contributed by atoms with E-state index in [-0.39, 0.29) is 24.2 Å². The second kappa shape index (κ2) is 12.0. The van der Waals surface area contributed by atoms with Gasteiger partial charge >= 0.3 is 12.1 Å². The zero-order valence-electron chi connectivity index (χ0n) is 24.5. The van der Waals surface area contributed by atoms with E-state index in [0.717, 1.165) is 23.9 Å². The summed E-state index contributed by atoms with van der Waals surface area (Å²) in [4.78, 5) is 39.6. The third-order valence-electron chi connectivity index (χ3n) is 8.09. The van der Waals surface area contributed by atoms with E-state index in [1.54, 1.807) is 19.1 Å². The van der Waals surface area contributed by atoms with Crippen molar-refractivity contribution in [3.8, 4) is 11.5 Å². The first kappa shape index (κ1) is 31.7. The Balaban J connectivity index is 1.82. The summed E-state index contributed by atoms with van der Waals surface area (Å²) < 4.78 is 79.5. The standard InChI is InChI=1S/C33H29F5N2O5/c1-4-20-23(33(36,37)38)10-11-40(32(20)44)30-21-14-19(8-9-24(21)34)45-26-7-5-6-16(2)28(26)18-12-17(3)29(35)22(13-18)25(15-27(41)42)39-31(30)43/h5-11,13-14,17,25,30H,4,12,15H2,1-3H3,(H,39,43)(H,41,42). The van der Waals surface area contributed by atoms with Gasteiger partial charge in [0.05, 0.1) is 18.0 Å². The van der Waals surface area contributed by atoms with Gasteiger partial charge in [0, 0.05) is 34.4 Å². The van der Waals surface area contributed by atoms with Crippen molar-refractivity contribution in [1.82, 2.24) is 9.88 Å². The Morgan fingerprint density at radius 2 is 1.87 bits per heavy atom. The largest absolute Gasteiger partial charge is 0.481 e. The minimum absolute atomic E-state index is 0.0551. The molecule has 2 aliphatic rings. The Bertz CT molecular complexity index is 1820. The quantitative estimate of drug-likeness (QED) is 0.307. The van der Waals surface area contributed by atoms with Crippen LogP contribution in [0.2, 0.25) is 0 Å². The number of carbonyl (C=O) groups is 2. The second-order valence-corrected chi connectivity index (χ2v) is 11.1. The van der Waals surface area contributed by atoms with Crippen molar-refractivity contribution in [3.63, 3.8) is 0 Å². The maximum Gasteiger partial charge on any atom is 0.416 e. The lowest BCUT2D eigenvalue weighted by molar-refractivity contribution is -0.139. The number of aryl methyl sites for hydroxylation is 1. The first-order valence-electron chi connectivity index (χ1n) is 14.2. The van der Waals surface area contributed by atoms with E-state index in [2.05, 4.69) is 5.32 Å². The maximum atomic E-state index is 15.8. The highest BCUT2D eigenvalue weighted by Gasteiger charge is 2.38. The molecule has 7 nitrogen and oxygen atoms in total. The average Bonchev–Trinajstić information content (AvgIpc) is 2.96. The second-order valence-electron chi connectivity index (χ2n) is 11.1. The Labute approximate surface area is 254 Å². The number of alkyl halides is 3. The van der Waals surface area contributed by atoms with Crippen molar-refractivity contribution in [3.05, 3.63) is 110 Å². The van der Waals surface area contributed by atoms with Crippen LogP contribution in [0.15, 0.2) is 70.9 Å². The molecule has 3 aromatic rings. The van der Waals surface area contributed by atoms with Crippen molar-refractivity contribution in [2.45, 2.75) is 58.3 Å². The number of hydrogen-bond donors (Lipinski definition) is 2. The Morgan fingerprint density at radius 1 is 1.13 bits per heavy atom. The number of aromatic nitrogens is 1. The van der Waals surface area contributed by atoms with Crippen LogP contribution in [-0.4, -0.2) is 27.6 Å². The van der Waals surface area contributed by atoms with Crippen molar-refractivity contribution >= 4 is 17.4 Å². The molecule has 1 aliphatic heterocycles. The molecule has 0 saturated carbocycles. The SMILES string of the molecule is CCc1c(C(F)(F)F)ccn(C2C(=O)NC(CC(=O)O)C3=C(F)C(C)CC(=C3)c3c(C)cccc3Oc3ccc(F)c2c3)c1=O. The van der Waals surface area contributed by atoms with E-state index in [0.29, 0.717) is 27.5 Å². The molecule has 45 heavy (non-hydrogen) atoms. The summed E-state index contributed by atoms with van der Waals surface area (Å²) in [6.07, 6.45) is -3.58. The molecule has 4 bridgehead atoms. The third-order valence-corrected chi connectivity index (χ3v) is 8.09. The number of benzene rings is 2. The van der Waals surface area contributed by atoms with Crippen LogP contribution >= 0.6 is 0 Å². The fraction of sp³-hybridized carbons (Fsp3) is 0.303. The highest BCUT2D eigenvalue weighted by molar-refractivity contribution is 5.86. The average molecular weight is 629 g/mol. The summed E-state index contributed by atoms with van der Waals surface area (Å²) in [6, 6.07) is 5.85. The number of carboxylic acids is 1. The van der Waals surface area contributed by atoms with Crippen molar-refractivity contribution in [2.75, 3.05) is 0 Å². The zero-order chi connectivity index (χ0) is 32.8. The number of nitrogens with one attached hydrogen (secondary N) is 1. The summed E-state index contributed by atoms with van der Waals surface area (Å²) in [5.74, 6) is -4.52. The molecule has 12 heteroatoms. The van der Waals surface area contributed by atoms with Gasteiger partial charge in [-0.2, -0.15) is 13.2 Å². The predicted molar refractivity (Wildman–Crippen MR) is 155 cm³/mol. The molecular weight excluding hydrogens is 599 g/mol. The zero-order valence-corrected chi connectivity index (χ0v) is 24.5. The van der Waals surface area contributed by atoms with E-state index >= 15 is 8.78 Å². The summed E-state index contributed by atoms with van der Waals surface area (Å²) in [5, 5.41) is 12.2. The molecule has 1 aliphatic carbocycles. The number of ether oxygens (including phenoxy) is 1. The van der Waals surface area contributed by atoms with Crippen molar-refractivity contribution in [1.29, 1.82) is 0 Å². The van der Waals surface area contributed by atoms with E-state index < -0.39 is 76.4 Å². The topological polar surface area (TPSA) is 97.6 Å². The molecule has 236 valence electrons. The molecule has 0 saturated heterocycles. The number of nitrogens with zero attached hydrogens (tertiary/aromatic N) is 1. The Kier molecular flexibility index (Phi) is 8.43. The Morgan fingerprint density at radius 3 is 2.53 bits per heavy atom. The van der Waals surface area contributed by atoms with Crippen LogP contribution < -0.4 is 15.6 Å². The van der Waals surface area contributed by atoms with Gasteiger partial charge in [-0.25, -0.2) is 8.78 Å². The van der Waals surface area contributed by atoms with Gasteiger partial charge in [-0.1, -0.05) is 32.1 Å². The van der Waals surface area contributed by atoms with Crippen LogP contribution in [-0.2, 0) is 22.2 Å². The van der Waals surface area contributed by atoms with E-state index in [1.165, 1.54) is 19.1 Å². The number of hydrogen-bond acceptors (Lipinski definition) is 4. The summed E-state index contributed by atoms with van der Waals surface area (Å²) in [5.41, 5.74) is -1.65. The van der Waals surface area contributed by atoms with Crippen LogP contribution in [0.25, 0.3) is 5.57 Å². The molecule has 3 unspecified atom stereocenters. The number of rotatable bonds is 4. The van der Waals surface area contributed by atoms with Crippen LogP contribution in [0.5, 0.6) is 11.5 Å². The molecule has 0 spiro atoms. The van der Waals surface area contributed by atoms with Gasteiger partial charge in [-0.05, 0) is 61.2 Å². The molecule has 2 N–H and O–H groups in total. The molecule has 0 radical (unpaired) electrons. The minimum atomic E-state index is -4.88. The molecule has 5 rings (SSSR count). The number of carbonyl (C=O) groups excluding carboxylic acids is 1. The summed E-state index contributed by atoms with van der Waals surface area (Å²) >= 11 is 0. The smallest absolute Gasteiger partial charge is 0.416 e. The van der Waals surface area contributed by atoms with Gasteiger partial charge in [-0.15, -0.1) is 0 Å². The molecule has 1 aromatic heterocycles. The van der Waals surface area contributed by atoms with Crippen molar-refractivity contribution < 1.29 is 41.4 Å². The number of allylic oxidation sites excluding steroid dienone is 2. The fourth-order valence-electron chi connectivity index (χ4n) is 6.01. The van der Waals surface area contributed by atoms with Crippen molar-refractivity contribution in [2.24, 2.45) is 5.92 Å². The fourth-order valence-corrected chi connectivity index (χ4v) is 6.01. The molecule has 1 amide bonds. The summed E-state index contributed by atoms with van der Waals surface area (Å²) in [7, 11) is 0. The van der Waals surface area contributed by atoms with Gasteiger partial charge in [0.25, 0.3) is 5.56 Å². The van der Waals surface area contributed by atoms with Crippen LogP contribution in [0.3, 0.4) is 0 Å². The van der Waals surface area contributed by atoms with Gasteiger partial charge in [0.1, 0.15) is 29.2 Å². The lowest BCUT2D eigenvalue weighted by atomic mass is 9.82. The lowest BCUT2D eigenvalue weighted by Gasteiger charge is -2.29. The number of pyridine rings is 1. The molecule has 0 fully saturated rings. The van der Waals surface area contributed by atoms with Crippen LogP contribution in [0.1, 0.15) is 60.5 Å². The highest BCUT2D eigenvalue weighted by atomic mass is 19.4. The van der Waals surface area contributed by atoms with Gasteiger partial charge < -0.3 is 15.2 Å². The maximum absolute atomic E-state index is 15.8. The minimum Gasteiger partial charge on any atom is -0.481 e. The molecule has 2 aromatic carbocycles. The number of amides is 1. The predicted octanol–water partition coefficient (Wildman–Crippen LogP) is 6.88. The number of halogens is 5. The number of carboxylic acid groups (broad SMARTS) is 1. The molecule has 2 heterocycles. The molecule has 3 atom stereocenters.